The van der Waals surface area contributed by atoms with Crippen molar-refractivity contribution in [3.05, 3.63) is 42.3 Å². The van der Waals surface area contributed by atoms with Crippen LogP contribution in [0.15, 0.2) is 46.0 Å². The van der Waals surface area contributed by atoms with E-state index in [1.54, 1.807) is 13.3 Å². The number of piperazine rings is 1. The van der Waals surface area contributed by atoms with Crippen LogP contribution in [0.5, 0.6) is 0 Å². The number of aliphatic imine (C=N–C) groups is 1. The molecule has 0 radical (unpaired) electrons. The minimum atomic E-state index is -3.31. The van der Waals surface area contributed by atoms with E-state index in [9.17, 15) is 8.42 Å². The lowest BCUT2D eigenvalue weighted by atomic mass is 10.2. The molecule has 9 nitrogen and oxygen atoms in total. The molecule has 0 unspecified atom stereocenters. The van der Waals surface area contributed by atoms with Crippen molar-refractivity contribution < 1.29 is 17.6 Å². The van der Waals surface area contributed by atoms with E-state index in [1.807, 2.05) is 44.2 Å². The molecule has 2 heterocycles. The average Bonchev–Trinajstić information content (AvgIpc) is 3.24. The van der Waals surface area contributed by atoms with Gasteiger partial charge >= 0.3 is 0 Å². The van der Waals surface area contributed by atoms with Gasteiger partial charge in [-0.25, -0.2) is 13.4 Å². The van der Waals surface area contributed by atoms with E-state index >= 15 is 0 Å². The first-order valence-electron chi connectivity index (χ1n) is 10.4. The fraction of sp³-hybridized carbons (Fsp3) is 0.524. The molecule has 178 valence electrons. The number of nitrogens with zero attached hydrogens (tertiary/aromatic N) is 4. The maximum atomic E-state index is 12.5. The molecule has 0 bridgehead atoms. The predicted octanol–water partition coefficient (Wildman–Crippen LogP) is 2.41. The Kier molecular flexibility index (Phi) is 10.4. The quantitative estimate of drug-likeness (QED) is 0.292. The molecule has 3 rings (SSSR count). The Morgan fingerprint density at radius 2 is 1.91 bits per heavy atom. The van der Waals surface area contributed by atoms with Gasteiger partial charge in [0.15, 0.2) is 5.96 Å². The highest BCUT2D eigenvalue weighted by Crippen LogP contribution is 2.18. The van der Waals surface area contributed by atoms with E-state index in [2.05, 4.69) is 20.2 Å². The fourth-order valence-corrected chi connectivity index (χ4v) is 4.58. The number of aromatic nitrogens is 1. The molecular formula is C21H32IN5O4S. The van der Waals surface area contributed by atoms with Crippen LogP contribution < -0.4 is 5.32 Å². The topological polar surface area (TPSA) is 100 Å². The van der Waals surface area contributed by atoms with Crippen molar-refractivity contribution >= 4 is 40.0 Å². The summed E-state index contributed by atoms with van der Waals surface area (Å²) in [6.07, 6.45) is 1.65. The van der Waals surface area contributed by atoms with Crippen LogP contribution >= 0.6 is 24.0 Å². The van der Waals surface area contributed by atoms with Gasteiger partial charge < -0.3 is 19.4 Å². The molecule has 1 aliphatic rings. The Labute approximate surface area is 207 Å². The van der Waals surface area contributed by atoms with Crippen LogP contribution in [0.3, 0.4) is 0 Å². The SMILES string of the molecule is CN=C(NCc1coc(-c2ccccc2)n1)N1CCN(S(=O)(=O)CCOC(C)C)CC1.I. The minimum absolute atomic E-state index is 0. The van der Waals surface area contributed by atoms with Crippen molar-refractivity contribution in [3.8, 4) is 11.5 Å². The second kappa shape index (κ2) is 12.5. The van der Waals surface area contributed by atoms with Gasteiger partial charge in [-0.3, -0.25) is 4.99 Å². The number of oxazole rings is 1. The van der Waals surface area contributed by atoms with Crippen LogP contribution in [0.4, 0.5) is 0 Å². The van der Waals surface area contributed by atoms with Gasteiger partial charge in [0.25, 0.3) is 0 Å². The summed E-state index contributed by atoms with van der Waals surface area (Å²) in [6, 6.07) is 9.73. The van der Waals surface area contributed by atoms with Crippen LogP contribution in [-0.2, 0) is 21.3 Å². The number of nitrogens with one attached hydrogen (secondary N) is 1. The summed E-state index contributed by atoms with van der Waals surface area (Å²) in [4.78, 5) is 10.9. The second-order valence-electron chi connectivity index (χ2n) is 7.53. The van der Waals surface area contributed by atoms with Gasteiger partial charge in [-0.2, -0.15) is 4.31 Å². The molecule has 1 aliphatic heterocycles. The molecule has 2 aromatic rings. The molecule has 1 fully saturated rings. The molecule has 0 saturated carbocycles. The van der Waals surface area contributed by atoms with Gasteiger partial charge in [0.2, 0.25) is 15.9 Å². The van der Waals surface area contributed by atoms with Crippen LogP contribution in [0.25, 0.3) is 11.5 Å². The Morgan fingerprint density at radius 3 is 2.53 bits per heavy atom. The first kappa shape index (κ1) is 26.6. The number of guanidine groups is 1. The summed E-state index contributed by atoms with van der Waals surface area (Å²) >= 11 is 0. The van der Waals surface area contributed by atoms with Crippen molar-refractivity contribution in [2.75, 3.05) is 45.6 Å². The second-order valence-corrected chi connectivity index (χ2v) is 9.62. The molecule has 1 aromatic heterocycles. The molecule has 32 heavy (non-hydrogen) atoms. The predicted molar refractivity (Wildman–Crippen MR) is 136 cm³/mol. The smallest absolute Gasteiger partial charge is 0.226 e. The zero-order chi connectivity index (χ0) is 22.3. The maximum Gasteiger partial charge on any atom is 0.226 e. The number of hydrogen-bond acceptors (Lipinski definition) is 6. The Morgan fingerprint density at radius 1 is 1.22 bits per heavy atom. The van der Waals surface area contributed by atoms with Gasteiger partial charge in [0.05, 0.1) is 30.7 Å². The van der Waals surface area contributed by atoms with E-state index in [4.69, 9.17) is 9.15 Å². The van der Waals surface area contributed by atoms with Gasteiger partial charge in [0.1, 0.15) is 6.26 Å². The Balaban J connectivity index is 0.00000363. The Hall–Kier alpha value is -1.70. The lowest BCUT2D eigenvalue weighted by Crippen LogP contribution is -2.54. The molecule has 0 amide bonds. The third-order valence-corrected chi connectivity index (χ3v) is 6.77. The molecule has 0 spiro atoms. The van der Waals surface area contributed by atoms with E-state index in [-0.39, 0.29) is 42.4 Å². The van der Waals surface area contributed by atoms with Crippen molar-refractivity contribution in [1.29, 1.82) is 0 Å². The summed E-state index contributed by atoms with van der Waals surface area (Å²) in [5.74, 6) is 1.30. The Bertz CT molecular complexity index is 958. The highest BCUT2D eigenvalue weighted by atomic mass is 127. The molecule has 11 heteroatoms. The lowest BCUT2D eigenvalue weighted by molar-refractivity contribution is 0.0904. The summed E-state index contributed by atoms with van der Waals surface area (Å²) in [7, 11) is -1.60. The number of ether oxygens (including phenoxy) is 1. The first-order valence-corrected chi connectivity index (χ1v) is 12.0. The van der Waals surface area contributed by atoms with Gasteiger partial charge in [-0.15, -0.1) is 24.0 Å². The zero-order valence-corrected chi connectivity index (χ0v) is 21.9. The number of halogens is 1. The normalized spacial score (nSPS) is 15.6. The van der Waals surface area contributed by atoms with Crippen LogP contribution in [0.1, 0.15) is 19.5 Å². The number of hydrogen-bond donors (Lipinski definition) is 1. The summed E-state index contributed by atoms with van der Waals surface area (Å²) < 4.78 is 37.5. The maximum absolute atomic E-state index is 12.5. The van der Waals surface area contributed by atoms with Crippen molar-refractivity contribution in [1.82, 2.24) is 19.5 Å². The highest BCUT2D eigenvalue weighted by molar-refractivity contribution is 14.0. The number of rotatable bonds is 8. The van der Waals surface area contributed by atoms with Gasteiger partial charge in [0, 0.05) is 38.8 Å². The molecule has 1 N–H and O–H groups in total. The van der Waals surface area contributed by atoms with E-state index in [0.717, 1.165) is 11.3 Å². The first-order chi connectivity index (χ1) is 14.9. The molecular weight excluding hydrogens is 545 g/mol. The van der Waals surface area contributed by atoms with Crippen molar-refractivity contribution in [2.45, 2.75) is 26.5 Å². The molecule has 1 aromatic carbocycles. The monoisotopic (exact) mass is 577 g/mol. The van der Waals surface area contributed by atoms with Gasteiger partial charge in [-0.05, 0) is 26.0 Å². The summed E-state index contributed by atoms with van der Waals surface area (Å²) in [5.41, 5.74) is 1.70. The molecule has 1 saturated heterocycles. The standard InChI is InChI=1S/C21H31N5O4S.HI/c1-17(2)29-13-14-31(27,28)26-11-9-25(10-12-26)21(22-3)23-15-19-16-30-20(24-19)18-7-5-4-6-8-18;/h4-8,16-17H,9-15H2,1-3H3,(H,22,23);1H. The van der Waals surface area contributed by atoms with Crippen LogP contribution in [0.2, 0.25) is 0 Å². The number of sulfonamides is 1. The zero-order valence-electron chi connectivity index (χ0n) is 18.7. The van der Waals surface area contributed by atoms with Crippen LogP contribution in [-0.4, -0.2) is 80.3 Å². The van der Waals surface area contributed by atoms with Crippen LogP contribution in [0, 0.1) is 0 Å². The summed E-state index contributed by atoms with van der Waals surface area (Å²) in [6.45, 7) is 6.45. The third-order valence-electron chi connectivity index (χ3n) is 4.94. The average molecular weight is 577 g/mol. The molecule has 0 atom stereocenters. The van der Waals surface area contributed by atoms with E-state index in [1.165, 1.54) is 4.31 Å². The minimum Gasteiger partial charge on any atom is -0.444 e. The summed E-state index contributed by atoms with van der Waals surface area (Å²) in [5, 5.41) is 3.29. The highest BCUT2D eigenvalue weighted by Gasteiger charge is 2.28. The lowest BCUT2D eigenvalue weighted by Gasteiger charge is -2.35. The third kappa shape index (κ3) is 7.42. The van der Waals surface area contributed by atoms with E-state index < -0.39 is 10.0 Å². The number of benzene rings is 1. The van der Waals surface area contributed by atoms with Gasteiger partial charge in [-0.1, -0.05) is 18.2 Å². The fourth-order valence-electron chi connectivity index (χ4n) is 3.30. The van der Waals surface area contributed by atoms with Crippen molar-refractivity contribution in [3.63, 3.8) is 0 Å². The van der Waals surface area contributed by atoms with Crippen molar-refractivity contribution in [2.24, 2.45) is 4.99 Å². The van der Waals surface area contributed by atoms with E-state index in [0.29, 0.717) is 44.6 Å². The molecule has 0 aliphatic carbocycles. The largest absolute Gasteiger partial charge is 0.444 e.